The van der Waals surface area contributed by atoms with Crippen LogP contribution >= 0.6 is 22.7 Å². The fraction of sp³-hybridized carbons (Fsp3) is 0.407. The Balaban J connectivity index is 1.73. The van der Waals surface area contributed by atoms with Crippen molar-refractivity contribution in [3.05, 3.63) is 68.5 Å². The highest BCUT2D eigenvalue weighted by molar-refractivity contribution is 7.12. The highest BCUT2D eigenvalue weighted by Gasteiger charge is 2.23. The van der Waals surface area contributed by atoms with Crippen molar-refractivity contribution in [1.29, 1.82) is 0 Å². The van der Waals surface area contributed by atoms with Crippen LogP contribution in [0, 0.1) is 0 Å². The summed E-state index contributed by atoms with van der Waals surface area (Å²) in [7, 11) is 3.22. The van der Waals surface area contributed by atoms with Crippen molar-refractivity contribution < 1.29 is 23.8 Å². The Morgan fingerprint density at radius 3 is 2.36 bits per heavy atom. The van der Waals surface area contributed by atoms with Gasteiger partial charge in [-0.1, -0.05) is 18.2 Å². The van der Waals surface area contributed by atoms with Gasteiger partial charge in [-0.05, 0) is 60.4 Å². The van der Waals surface area contributed by atoms with E-state index < -0.39 is 0 Å². The maximum absolute atomic E-state index is 13.6. The number of rotatable bonds is 15. The van der Waals surface area contributed by atoms with Gasteiger partial charge in [0.25, 0.3) is 5.91 Å². The van der Waals surface area contributed by atoms with Gasteiger partial charge in [-0.3, -0.25) is 9.59 Å². The zero-order valence-electron chi connectivity index (χ0n) is 21.1. The van der Waals surface area contributed by atoms with Crippen LogP contribution in [0.2, 0.25) is 0 Å². The van der Waals surface area contributed by atoms with Crippen LogP contribution < -0.4 is 9.47 Å². The lowest BCUT2D eigenvalue weighted by molar-refractivity contribution is -0.132. The number of hydrogen-bond acceptors (Lipinski definition) is 7. The SMILES string of the molecule is CCOCCCN(CC(=O)N(CCc1ccc(OC)c(OC)c1)Cc1cccs1)C(=O)c1cccs1. The van der Waals surface area contributed by atoms with Crippen LogP contribution in [0.5, 0.6) is 11.5 Å². The Hall–Kier alpha value is -2.88. The minimum absolute atomic E-state index is 0.0279. The number of carbonyl (C=O) groups excluding carboxylic acids is 2. The van der Waals surface area contributed by atoms with Crippen molar-refractivity contribution in [3.63, 3.8) is 0 Å². The van der Waals surface area contributed by atoms with Crippen LogP contribution in [-0.4, -0.2) is 68.7 Å². The van der Waals surface area contributed by atoms with E-state index in [4.69, 9.17) is 14.2 Å². The van der Waals surface area contributed by atoms with Crippen molar-refractivity contribution in [2.75, 3.05) is 47.1 Å². The number of carbonyl (C=O) groups is 2. The fourth-order valence-electron chi connectivity index (χ4n) is 3.76. The van der Waals surface area contributed by atoms with Crippen LogP contribution in [0.1, 0.15) is 33.5 Å². The second-order valence-electron chi connectivity index (χ2n) is 8.09. The number of hydrogen-bond donors (Lipinski definition) is 0. The van der Waals surface area contributed by atoms with Gasteiger partial charge in [0.2, 0.25) is 5.91 Å². The summed E-state index contributed by atoms with van der Waals surface area (Å²) in [6, 6.07) is 13.5. The average molecular weight is 531 g/mol. The number of amides is 2. The quantitative estimate of drug-likeness (QED) is 0.260. The van der Waals surface area contributed by atoms with Crippen LogP contribution in [0.15, 0.2) is 53.2 Å². The third-order valence-electron chi connectivity index (χ3n) is 5.66. The number of nitrogens with zero attached hydrogens (tertiary/aromatic N) is 2. The molecular weight excluding hydrogens is 496 g/mol. The fourth-order valence-corrected chi connectivity index (χ4v) is 5.17. The summed E-state index contributed by atoms with van der Waals surface area (Å²) < 4.78 is 16.2. The van der Waals surface area contributed by atoms with Crippen molar-refractivity contribution in [2.24, 2.45) is 0 Å². The van der Waals surface area contributed by atoms with Gasteiger partial charge in [0.05, 0.1) is 25.6 Å². The molecule has 0 aliphatic rings. The molecule has 2 heterocycles. The van der Waals surface area contributed by atoms with E-state index in [1.165, 1.54) is 11.3 Å². The monoisotopic (exact) mass is 530 g/mol. The third kappa shape index (κ3) is 8.08. The second kappa shape index (κ2) is 14.6. The van der Waals surface area contributed by atoms with E-state index in [0.717, 1.165) is 10.4 Å². The van der Waals surface area contributed by atoms with Crippen molar-refractivity contribution in [1.82, 2.24) is 9.80 Å². The average Bonchev–Trinajstić information content (AvgIpc) is 3.62. The maximum atomic E-state index is 13.6. The summed E-state index contributed by atoms with van der Waals surface area (Å²) in [5.41, 5.74) is 1.04. The van der Waals surface area contributed by atoms with E-state index in [1.54, 1.807) is 36.5 Å². The van der Waals surface area contributed by atoms with Gasteiger partial charge in [-0.2, -0.15) is 0 Å². The highest BCUT2D eigenvalue weighted by Crippen LogP contribution is 2.28. The molecule has 36 heavy (non-hydrogen) atoms. The molecule has 9 heteroatoms. The zero-order chi connectivity index (χ0) is 25.8. The first-order chi connectivity index (χ1) is 17.5. The number of thiophene rings is 2. The Morgan fingerprint density at radius 2 is 1.69 bits per heavy atom. The smallest absolute Gasteiger partial charge is 0.264 e. The molecule has 7 nitrogen and oxygen atoms in total. The van der Waals surface area contributed by atoms with Crippen molar-refractivity contribution in [2.45, 2.75) is 26.3 Å². The Kier molecular flexibility index (Phi) is 11.3. The maximum Gasteiger partial charge on any atom is 0.264 e. The standard InChI is InChI=1S/C27H34N2O5S2/c1-4-34-15-7-13-29(27(31)25-9-6-17-36-25)20-26(30)28(19-22-8-5-16-35-22)14-12-21-10-11-23(32-2)24(18-21)33-3/h5-6,8-11,16-18H,4,7,12-15,19-20H2,1-3H3. The lowest BCUT2D eigenvalue weighted by atomic mass is 10.1. The Labute approximate surface area is 221 Å². The van der Waals surface area contributed by atoms with E-state index in [2.05, 4.69) is 0 Å². The summed E-state index contributed by atoms with van der Waals surface area (Å²) in [5.74, 6) is 1.13. The molecule has 2 aromatic heterocycles. The number of methoxy groups -OCH3 is 2. The van der Waals surface area contributed by atoms with Gasteiger partial charge in [-0.25, -0.2) is 0 Å². The normalized spacial score (nSPS) is 10.8. The molecule has 0 spiro atoms. The molecule has 0 atom stereocenters. The van der Waals surface area contributed by atoms with Crippen LogP contribution in [0.25, 0.3) is 0 Å². The van der Waals surface area contributed by atoms with E-state index in [0.29, 0.717) is 62.1 Å². The summed E-state index contributed by atoms with van der Waals surface area (Å²) in [4.78, 5) is 31.9. The minimum Gasteiger partial charge on any atom is -0.493 e. The van der Waals surface area contributed by atoms with Gasteiger partial charge in [0.15, 0.2) is 11.5 Å². The first-order valence-corrected chi connectivity index (χ1v) is 13.7. The van der Waals surface area contributed by atoms with Gasteiger partial charge in [-0.15, -0.1) is 22.7 Å². The first kappa shape index (κ1) is 27.7. The molecule has 0 aliphatic heterocycles. The van der Waals surface area contributed by atoms with Gasteiger partial charge < -0.3 is 24.0 Å². The molecule has 0 fully saturated rings. The summed E-state index contributed by atoms with van der Waals surface area (Å²) in [5, 5.41) is 3.88. The van der Waals surface area contributed by atoms with Crippen LogP contribution in [-0.2, 0) is 22.5 Å². The van der Waals surface area contributed by atoms with Crippen LogP contribution in [0.4, 0.5) is 0 Å². The molecule has 3 rings (SSSR count). The Morgan fingerprint density at radius 1 is 0.917 bits per heavy atom. The molecule has 0 aliphatic carbocycles. The first-order valence-electron chi connectivity index (χ1n) is 12.0. The summed E-state index contributed by atoms with van der Waals surface area (Å²) >= 11 is 3.01. The predicted molar refractivity (Wildman–Crippen MR) is 144 cm³/mol. The molecule has 0 radical (unpaired) electrons. The predicted octanol–water partition coefficient (Wildman–Crippen LogP) is 4.97. The molecule has 0 unspecified atom stereocenters. The van der Waals surface area contributed by atoms with Crippen LogP contribution in [0.3, 0.4) is 0 Å². The van der Waals surface area contributed by atoms with Crippen molar-refractivity contribution >= 4 is 34.5 Å². The number of ether oxygens (including phenoxy) is 3. The van der Waals surface area contributed by atoms with E-state index in [-0.39, 0.29) is 18.4 Å². The summed E-state index contributed by atoms with van der Waals surface area (Å²) in [6.07, 6.45) is 1.33. The van der Waals surface area contributed by atoms with Crippen molar-refractivity contribution in [3.8, 4) is 11.5 Å². The van der Waals surface area contributed by atoms with Gasteiger partial charge in [0.1, 0.15) is 6.54 Å². The minimum atomic E-state index is -0.120. The summed E-state index contributed by atoms with van der Waals surface area (Å²) in [6.45, 7) is 4.64. The van der Waals surface area contributed by atoms with Gasteiger partial charge in [0, 0.05) is 31.2 Å². The molecule has 2 amide bonds. The molecule has 0 N–H and O–H groups in total. The second-order valence-corrected chi connectivity index (χ2v) is 10.1. The molecule has 0 bridgehead atoms. The highest BCUT2D eigenvalue weighted by atomic mass is 32.1. The lowest BCUT2D eigenvalue weighted by Crippen LogP contribution is -2.43. The molecule has 0 saturated heterocycles. The Bertz CT molecular complexity index is 1070. The molecule has 3 aromatic rings. The molecule has 194 valence electrons. The van der Waals surface area contributed by atoms with E-state index in [1.807, 2.05) is 59.0 Å². The van der Waals surface area contributed by atoms with Gasteiger partial charge >= 0.3 is 0 Å². The topological polar surface area (TPSA) is 68.3 Å². The molecule has 1 aromatic carbocycles. The zero-order valence-corrected chi connectivity index (χ0v) is 22.7. The van der Waals surface area contributed by atoms with E-state index in [9.17, 15) is 9.59 Å². The van der Waals surface area contributed by atoms with E-state index >= 15 is 0 Å². The molecular formula is C27H34N2O5S2. The third-order valence-corrected chi connectivity index (χ3v) is 7.38. The molecule has 0 saturated carbocycles. The number of benzene rings is 1. The largest absolute Gasteiger partial charge is 0.493 e. The lowest BCUT2D eigenvalue weighted by Gasteiger charge is -2.27.